The number of rotatable bonds is 58. The van der Waals surface area contributed by atoms with Crippen LogP contribution in [0.1, 0.15) is 354 Å². The van der Waals surface area contributed by atoms with E-state index in [1.807, 2.05) is 6.08 Å². The van der Waals surface area contributed by atoms with Crippen molar-refractivity contribution >= 4 is 5.91 Å². The lowest BCUT2D eigenvalue weighted by atomic mass is 10.0. The highest BCUT2D eigenvalue weighted by Gasteiger charge is 2.20. The fourth-order valence-corrected chi connectivity index (χ4v) is 10.1. The van der Waals surface area contributed by atoms with Gasteiger partial charge in [0.25, 0.3) is 0 Å². The first-order valence-electron chi connectivity index (χ1n) is 31.0. The molecule has 5 nitrogen and oxygen atoms in total. The molecule has 0 heterocycles. The normalized spacial score (nSPS) is 13.2. The van der Waals surface area contributed by atoms with Crippen molar-refractivity contribution in [1.82, 2.24) is 5.32 Å². The fraction of sp³-hybridized carbons (Fsp3) is 0.952. The minimum atomic E-state index is -0.925. The lowest BCUT2D eigenvalue weighted by Gasteiger charge is -2.21. The molecule has 5 heteroatoms. The molecule has 0 aliphatic heterocycles. The van der Waals surface area contributed by atoms with Crippen LogP contribution in [-0.4, -0.2) is 46.1 Å². The molecule has 0 aliphatic carbocycles. The number of aliphatic hydroxyl groups is 3. The summed E-state index contributed by atoms with van der Waals surface area (Å²) in [5.41, 5.74) is 0. The monoisotopic (exact) mass is 946 g/mol. The van der Waals surface area contributed by atoms with Gasteiger partial charge >= 0.3 is 0 Å². The Morgan fingerprint density at radius 3 is 0.866 bits per heavy atom. The van der Waals surface area contributed by atoms with Crippen LogP contribution in [0, 0.1) is 0 Å². The van der Waals surface area contributed by atoms with E-state index in [4.69, 9.17) is 0 Å². The maximum Gasteiger partial charge on any atom is 0.222 e. The standard InChI is InChI=1S/C62H123NO4/c1-3-5-7-9-11-13-15-17-19-20-21-22-23-24-25-26-27-28-29-30-31-32-33-34-35-36-37-38-39-40-42-43-45-47-49-51-53-55-59(65)57-62(67)63-60(58-64)61(66)56-54-52-50-48-46-44-41-18-16-14-12-10-8-6-4-2/h54,56,59-61,64-66H,3-53,55,57-58H2,1-2H3,(H,63,67)/b56-54+. The van der Waals surface area contributed by atoms with Gasteiger partial charge in [-0.2, -0.15) is 0 Å². The molecule has 0 saturated heterocycles. The second-order valence-corrected chi connectivity index (χ2v) is 21.7. The second-order valence-electron chi connectivity index (χ2n) is 21.7. The maximum atomic E-state index is 12.5. The number of carbonyl (C=O) groups is 1. The molecular weight excluding hydrogens is 823 g/mol. The van der Waals surface area contributed by atoms with Crippen LogP contribution in [0.4, 0.5) is 0 Å². The number of unbranched alkanes of at least 4 members (excludes halogenated alkanes) is 49. The number of hydrogen-bond acceptors (Lipinski definition) is 4. The Labute approximate surface area is 420 Å². The Morgan fingerprint density at radius 2 is 0.612 bits per heavy atom. The molecule has 0 aromatic carbocycles. The highest BCUT2D eigenvalue weighted by molar-refractivity contribution is 5.76. The van der Waals surface area contributed by atoms with Crippen molar-refractivity contribution < 1.29 is 20.1 Å². The summed E-state index contributed by atoms with van der Waals surface area (Å²) < 4.78 is 0. The van der Waals surface area contributed by atoms with Crippen molar-refractivity contribution in [1.29, 1.82) is 0 Å². The Bertz CT molecular complexity index is 956. The van der Waals surface area contributed by atoms with Gasteiger partial charge in [-0.25, -0.2) is 0 Å². The first-order valence-corrected chi connectivity index (χ1v) is 31.0. The van der Waals surface area contributed by atoms with E-state index in [0.29, 0.717) is 6.42 Å². The van der Waals surface area contributed by atoms with E-state index in [-0.39, 0.29) is 18.9 Å². The zero-order valence-electron chi connectivity index (χ0n) is 45.8. The third-order valence-electron chi connectivity index (χ3n) is 14.8. The Morgan fingerprint density at radius 1 is 0.373 bits per heavy atom. The number of nitrogens with one attached hydrogen (secondary N) is 1. The van der Waals surface area contributed by atoms with Crippen molar-refractivity contribution in [2.24, 2.45) is 0 Å². The number of amides is 1. The van der Waals surface area contributed by atoms with Crippen molar-refractivity contribution in [3.8, 4) is 0 Å². The third-order valence-corrected chi connectivity index (χ3v) is 14.8. The summed E-state index contributed by atoms with van der Waals surface area (Å²) in [6.45, 7) is 4.25. The molecule has 0 aromatic heterocycles. The molecule has 0 spiro atoms. The Kier molecular flexibility index (Phi) is 56.9. The largest absolute Gasteiger partial charge is 0.394 e. The number of carbonyl (C=O) groups excluding carboxylic acids is 1. The van der Waals surface area contributed by atoms with Crippen LogP contribution < -0.4 is 5.32 Å². The van der Waals surface area contributed by atoms with E-state index < -0.39 is 18.2 Å². The molecule has 0 fully saturated rings. The van der Waals surface area contributed by atoms with Crippen LogP contribution in [0.15, 0.2) is 12.2 Å². The highest BCUT2D eigenvalue weighted by Crippen LogP contribution is 2.19. The summed E-state index contributed by atoms with van der Waals surface area (Å²) in [6, 6.07) is -0.740. The SMILES string of the molecule is CCCCCCCCCCCCCCC/C=C/C(O)C(CO)NC(=O)CC(O)CCCCCCCCCCCCCCCCCCCCCCCCCCCCCCCCCCCCCCC. The van der Waals surface area contributed by atoms with Gasteiger partial charge in [-0.3, -0.25) is 4.79 Å². The van der Waals surface area contributed by atoms with Crippen molar-refractivity contribution in [2.45, 2.75) is 372 Å². The van der Waals surface area contributed by atoms with Gasteiger partial charge in [0.1, 0.15) is 0 Å². The zero-order valence-corrected chi connectivity index (χ0v) is 45.8. The van der Waals surface area contributed by atoms with Crippen LogP contribution in [0.25, 0.3) is 0 Å². The summed E-state index contributed by atoms with van der Waals surface area (Å²) in [5.74, 6) is -0.308. The molecule has 0 radical (unpaired) electrons. The van der Waals surface area contributed by atoms with E-state index >= 15 is 0 Å². The molecule has 67 heavy (non-hydrogen) atoms. The molecule has 400 valence electrons. The topological polar surface area (TPSA) is 89.8 Å². The quantitative estimate of drug-likeness (QED) is 0.0361. The highest BCUT2D eigenvalue weighted by atomic mass is 16.3. The maximum absolute atomic E-state index is 12.5. The van der Waals surface area contributed by atoms with Crippen molar-refractivity contribution in [3.63, 3.8) is 0 Å². The van der Waals surface area contributed by atoms with Gasteiger partial charge in [-0.1, -0.05) is 341 Å². The Balaban J connectivity index is 3.42. The molecule has 0 aromatic rings. The second kappa shape index (κ2) is 57.7. The number of aliphatic hydroxyl groups excluding tert-OH is 3. The van der Waals surface area contributed by atoms with Gasteiger partial charge in [0, 0.05) is 0 Å². The summed E-state index contributed by atoms with van der Waals surface area (Å²) in [7, 11) is 0. The fourth-order valence-electron chi connectivity index (χ4n) is 10.1. The number of allylic oxidation sites excluding steroid dienone is 1. The lowest BCUT2D eigenvalue weighted by molar-refractivity contribution is -0.124. The van der Waals surface area contributed by atoms with E-state index in [0.717, 1.165) is 25.7 Å². The summed E-state index contributed by atoms with van der Waals surface area (Å²) in [5, 5.41) is 33.4. The Hall–Kier alpha value is -0.910. The summed E-state index contributed by atoms with van der Waals surface area (Å²) >= 11 is 0. The van der Waals surface area contributed by atoms with Gasteiger partial charge in [-0.05, 0) is 19.3 Å². The van der Waals surface area contributed by atoms with Crippen molar-refractivity contribution in [3.05, 3.63) is 12.2 Å². The van der Waals surface area contributed by atoms with Crippen LogP contribution in [0.5, 0.6) is 0 Å². The first-order chi connectivity index (χ1) is 33.0. The molecule has 0 rings (SSSR count). The molecule has 3 unspecified atom stereocenters. The average Bonchev–Trinajstić information content (AvgIpc) is 3.32. The van der Waals surface area contributed by atoms with E-state index in [9.17, 15) is 20.1 Å². The van der Waals surface area contributed by atoms with Gasteiger partial charge in [0.05, 0.1) is 31.3 Å². The third kappa shape index (κ3) is 54.3. The minimum absolute atomic E-state index is 0.0194. The smallest absolute Gasteiger partial charge is 0.222 e. The minimum Gasteiger partial charge on any atom is -0.394 e. The van der Waals surface area contributed by atoms with Crippen LogP contribution in [-0.2, 0) is 4.79 Å². The molecule has 0 aliphatic rings. The van der Waals surface area contributed by atoms with E-state index in [2.05, 4.69) is 19.2 Å². The molecular formula is C62H123NO4. The van der Waals surface area contributed by atoms with Crippen LogP contribution >= 0.6 is 0 Å². The molecule has 4 N–H and O–H groups in total. The number of hydrogen-bond donors (Lipinski definition) is 4. The zero-order chi connectivity index (χ0) is 48.6. The predicted octanol–water partition coefficient (Wildman–Crippen LogP) is 19.5. The molecule has 1 amide bonds. The van der Waals surface area contributed by atoms with Gasteiger partial charge < -0.3 is 20.6 Å². The van der Waals surface area contributed by atoms with Gasteiger partial charge in [0.2, 0.25) is 5.91 Å². The van der Waals surface area contributed by atoms with Crippen LogP contribution in [0.3, 0.4) is 0 Å². The molecule has 0 bridgehead atoms. The average molecular weight is 947 g/mol. The van der Waals surface area contributed by atoms with E-state index in [1.165, 1.54) is 302 Å². The first kappa shape index (κ1) is 66.1. The lowest BCUT2D eigenvalue weighted by Crippen LogP contribution is -2.45. The summed E-state index contributed by atoms with van der Waals surface area (Å²) in [4.78, 5) is 12.5. The van der Waals surface area contributed by atoms with Gasteiger partial charge in [-0.15, -0.1) is 0 Å². The van der Waals surface area contributed by atoms with E-state index in [1.54, 1.807) is 6.08 Å². The van der Waals surface area contributed by atoms with Gasteiger partial charge in [0.15, 0.2) is 0 Å². The molecule has 0 saturated carbocycles. The molecule has 3 atom stereocenters. The van der Waals surface area contributed by atoms with Crippen molar-refractivity contribution in [2.75, 3.05) is 6.61 Å². The predicted molar refractivity (Wildman–Crippen MR) is 296 cm³/mol. The summed E-state index contributed by atoms with van der Waals surface area (Å²) in [6.07, 6.45) is 73.0. The van der Waals surface area contributed by atoms with Crippen LogP contribution in [0.2, 0.25) is 0 Å².